The van der Waals surface area contributed by atoms with E-state index in [1.54, 1.807) is 6.92 Å². The van der Waals surface area contributed by atoms with E-state index in [9.17, 15) is 26.4 Å². The van der Waals surface area contributed by atoms with Crippen molar-refractivity contribution in [2.24, 2.45) is 11.8 Å². The summed E-state index contributed by atoms with van der Waals surface area (Å²) in [6.07, 6.45) is 6.80. The van der Waals surface area contributed by atoms with Crippen LogP contribution in [0.4, 0.5) is 0 Å². The first kappa shape index (κ1) is 28.8. The molecule has 2 heterocycles. The molecule has 6 atom stereocenters. The standard InChI is InChI=1S/C25H43N3O7S2/c1-16-15-27(25(30)23-12-13-24(35-23)37(33,34)26(3)4)22-14-19(8-11-21(22)28(16)17(2)29)18-6-9-20(10-7-18)36(5,31)32/h16,18-24H,6-15H2,1-5H3. The molecule has 2 aliphatic carbocycles. The molecule has 0 bridgehead atoms. The molecule has 2 saturated heterocycles. The first-order valence-electron chi connectivity index (χ1n) is 13.6. The SMILES string of the molecule is CC(=O)N1C(C)CN(C(=O)C2CCC(S(=O)(=O)N(C)C)O2)C2CC(C3CCC(S(C)(=O)=O)CC3)CCC21. The fourth-order valence-corrected chi connectivity index (χ4v) is 9.61. The van der Waals surface area contributed by atoms with Crippen LogP contribution in [-0.2, 0) is 34.2 Å². The van der Waals surface area contributed by atoms with Crippen LogP contribution in [0.5, 0.6) is 0 Å². The van der Waals surface area contributed by atoms with Gasteiger partial charge in [-0.3, -0.25) is 9.59 Å². The molecule has 0 aromatic heterocycles. The first-order chi connectivity index (χ1) is 17.2. The second-order valence-electron chi connectivity index (χ2n) is 11.8. The molecule has 212 valence electrons. The molecule has 4 aliphatic rings. The highest BCUT2D eigenvalue weighted by Gasteiger charge is 2.50. The number of piperazine rings is 1. The summed E-state index contributed by atoms with van der Waals surface area (Å²) in [5.74, 6) is 0.614. The fraction of sp³-hybridized carbons (Fsp3) is 0.920. The maximum atomic E-state index is 13.8. The lowest BCUT2D eigenvalue weighted by Gasteiger charge is -2.55. The van der Waals surface area contributed by atoms with Crippen molar-refractivity contribution in [2.75, 3.05) is 26.9 Å². The minimum absolute atomic E-state index is 0.0102. The molecule has 0 spiro atoms. The van der Waals surface area contributed by atoms with Crippen LogP contribution in [0.1, 0.15) is 71.6 Å². The zero-order chi connectivity index (χ0) is 27.3. The molecular weight excluding hydrogens is 518 g/mol. The number of carbonyl (C=O) groups is 2. The lowest BCUT2D eigenvalue weighted by atomic mass is 9.69. The summed E-state index contributed by atoms with van der Waals surface area (Å²) < 4.78 is 56.1. The van der Waals surface area contributed by atoms with Gasteiger partial charge in [0.2, 0.25) is 15.9 Å². The van der Waals surface area contributed by atoms with Crippen LogP contribution in [0.3, 0.4) is 0 Å². The van der Waals surface area contributed by atoms with E-state index in [0.29, 0.717) is 37.6 Å². The molecule has 0 aromatic carbocycles. The molecule has 4 rings (SSSR count). The van der Waals surface area contributed by atoms with E-state index in [1.165, 1.54) is 20.4 Å². The lowest BCUT2D eigenvalue weighted by Crippen LogP contribution is -2.68. The Morgan fingerprint density at radius 2 is 1.49 bits per heavy atom. The van der Waals surface area contributed by atoms with E-state index in [0.717, 1.165) is 36.4 Å². The summed E-state index contributed by atoms with van der Waals surface area (Å²) in [6, 6.07) is -0.351. The second-order valence-corrected chi connectivity index (χ2v) is 16.4. The lowest BCUT2D eigenvalue weighted by molar-refractivity contribution is -0.161. The van der Waals surface area contributed by atoms with Gasteiger partial charge in [0.15, 0.2) is 5.44 Å². The van der Waals surface area contributed by atoms with Gasteiger partial charge in [0.25, 0.3) is 5.91 Å². The number of ether oxygens (including phenoxy) is 1. The largest absolute Gasteiger partial charge is 0.348 e. The van der Waals surface area contributed by atoms with Crippen molar-refractivity contribution in [1.29, 1.82) is 0 Å². The van der Waals surface area contributed by atoms with Gasteiger partial charge in [-0.05, 0) is 76.5 Å². The molecule has 0 aromatic rings. The minimum atomic E-state index is -3.62. The molecule has 4 fully saturated rings. The highest BCUT2D eigenvalue weighted by molar-refractivity contribution is 7.91. The Kier molecular flexibility index (Phi) is 8.34. The van der Waals surface area contributed by atoms with Crippen LogP contribution < -0.4 is 0 Å². The van der Waals surface area contributed by atoms with Crippen molar-refractivity contribution in [3.05, 3.63) is 0 Å². The molecular formula is C25H43N3O7S2. The number of sulfone groups is 1. The fourth-order valence-electron chi connectivity index (χ4n) is 7.30. The van der Waals surface area contributed by atoms with Crippen molar-refractivity contribution in [3.8, 4) is 0 Å². The monoisotopic (exact) mass is 561 g/mol. The number of hydrogen-bond acceptors (Lipinski definition) is 7. The van der Waals surface area contributed by atoms with Gasteiger partial charge < -0.3 is 14.5 Å². The molecule has 10 nitrogen and oxygen atoms in total. The number of hydrogen-bond donors (Lipinski definition) is 0. The number of nitrogens with zero attached hydrogens (tertiary/aromatic N) is 3. The van der Waals surface area contributed by atoms with Crippen LogP contribution in [0.15, 0.2) is 0 Å². The van der Waals surface area contributed by atoms with Crippen LogP contribution in [-0.4, -0.2) is 105 Å². The smallest absolute Gasteiger partial charge is 0.252 e. The van der Waals surface area contributed by atoms with Crippen LogP contribution in [0.2, 0.25) is 0 Å². The van der Waals surface area contributed by atoms with Gasteiger partial charge in [0.05, 0.1) is 17.3 Å². The van der Waals surface area contributed by atoms with E-state index in [-0.39, 0.29) is 41.6 Å². The van der Waals surface area contributed by atoms with E-state index >= 15 is 0 Å². The summed E-state index contributed by atoms with van der Waals surface area (Å²) in [5.41, 5.74) is -1.02. The number of sulfonamides is 1. The maximum absolute atomic E-state index is 13.8. The van der Waals surface area contributed by atoms with Gasteiger partial charge in [-0.1, -0.05) is 0 Å². The molecule has 12 heteroatoms. The molecule has 2 aliphatic heterocycles. The Morgan fingerprint density at radius 3 is 2.05 bits per heavy atom. The highest BCUT2D eigenvalue weighted by atomic mass is 32.2. The Labute approximate surface area is 222 Å². The zero-order valence-electron chi connectivity index (χ0n) is 22.7. The quantitative estimate of drug-likeness (QED) is 0.500. The molecule has 37 heavy (non-hydrogen) atoms. The summed E-state index contributed by atoms with van der Waals surface area (Å²) in [4.78, 5) is 30.2. The molecule has 0 radical (unpaired) electrons. The first-order valence-corrected chi connectivity index (χ1v) is 17.0. The van der Waals surface area contributed by atoms with Crippen LogP contribution >= 0.6 is 0 Å². The third-order valence-electron chi connectivity index (χ3n) is 9.25. The number of rotatable bonds is 5. The third kappa shape index (κ3) is 5.72. The Balaban J connectivity index is 1.51. The van der Waals surface area contributed by atoms with E-state index < -0.39 is 31.4 Å². The van der Waals surface area contributed by atoms with Crippen molar-refractivity contribution in [2.45, 2.75) is 107 Å². The summed E-state index contributed by atoms with van der Waals surface area (Å²) in [5, 5.41) is -0.257. The topological polar surface area (TPSA) is 121 Å². The Bertz CT molecular complexity index is 1090. The Hall–Kier alpha value is -1.24. The van der Waals surface area contributed by atoms with E-state index in [1.807, 2.05) is 16.7 Å². The van der Waals surface area contributed by atoms with Gasteiger partial charge in [0, 0.05) is 39.9 Å². The number of amides is 2. The van der Waals surface area contributed by atoms with E-state index in [2.05, 4.69) is 0 Å². The highest BCUT2D eigenvalue weighted by Crippen LogP contribution is 2.44. The minimum Gasteiger partial charge on any atom is -0.348 e. The Morgan fingerprint density at radius 1 is 0.865 bits per heavy atom. The van der Waals surface area contributed by atoms with Gasteiger partial charge >= 0.3 is 0 Å². The van der Waals surface area contributed by atoms with Crippen molar-refractivity contribution < 1.29 is 31.2 Å². The number of fused-ring (bicyclic) bond motifs is 1. The van der Waals surface area contributed by atoms with E-state index in [4.69, 9.17) is 4.74 Å². The van der Waals surface area contributed by atoms with Crippen molar-refractivity contribution >= 4 is 31.7 Å². The predicted octanol–water partition coefficient (Wildman–Crippen LogP) is 1.60. The average Bonchev–Trinajstić information content (AvgIpc) is 3.33. The molecule has 2 saturated carbocycles. The predicted molar refractivity (Wildman–Crippen MR) is 140 cm³/mol. The summed E-state index contributed by atoms with van der Waals surface area (Å²) >= 11 is 0. The second kappa shape index (κ2) is 10.7. The van der Waals surface area contributed by atoms with Crippen LogP contribution in [0, 0.1) is 11.8 Å². The average molecular weight is 562 g/mol. The van der Waals surface area contributed by atoms with Gasteiger partial charge in [0.1, 0.15) is 15.9 Å². The molecule has 2 amide bonds. The van der Waals surface area contributed by atoms with Crippen molar-refractivity contribution in [1.82, 2.24) is 14.1 Å². The summed E-state index contributed by atoms with van der Waals surface area (Å²) in [7, 11) is -3.72. The van der Waals surface area contributed by atoms with Gasteiger partial charge in [-0.15, -0.1) is 0 Å². The zero-order valence-corrected chi connectivity index (χ0v) is 24.3. The van der Waals surface area contributed by atoms with Crippen LogP contribution in [0.25, 0.3) is 0 Å². The number of carbonyl (C=O) groups excluding carboxylic acids is 2. The normalized spacial score (nSPS) is 37.5. The molecule has 0 N–H and O–H groups in total. The summed E-state index contributed by atoms with van der Waals surface area (Å²) in [6.45, 7) is 3.95. The third-order valence-corrected chi connectivity index (χ3v) is 13.0. The van der Waals surface area contributed by atoms with Gasteiger partial charge in [-0.25, -0.2) is 21.1 Å². The maximum Gasteiger partial charge on any atom is 0.252 e. The van der Waals surface area contributed by atoms with Gasteiger partial charge in [-0.2, -0.15) is 0 Å². The molecule has 6 unspecified atom stereocenters. The van der Waals surface area contributed by atoms with Crippen molar-refractivity contribution in [3.63, 3.8) is 0 Å².